The summed E-state index contributed by atoms with van der Waals surface area (Å²) in [7, 11) is 0. The van der Waals surface area contributed by atoms with Crippen molar-refractivity contribution in [2.75, 3.05) is 0 Å². The van der Waals surface area contributed by atoms with Gasteiger partial charge in [0.25, 0.3) is 0 Å². The number of carbonyl (C=O) groups excluding carboxylic acids is 2. The summed E-state index contributed by atoms with van der Waals surface area (Å²) in [5.41, 5.74) is 9.24. The van der Waals surface area contributed by atoms with E-state index >= 15 is 0 Å². The van der Waals surface area contributed by atoms with Crippen molar-refractivity contribution in [3.05, 3.63) is 0 Å². The third-order valence-electron chi connectivity index (χ3n) is 0.498. The van der Waals surface area contributed by atoms with Crippen LogP contribution in [-0.2, 0) is 26.7 Å². The van der Waals surface area contributed by atoms with Crippen LogP contribution in [0.2, 0.25) is 0 Å². The van der Waals surface area contributed by atoms with Gasteiger partial charge in [0.1, 0.15) is 11.6 Å². The van der Waals surface area contributed by atoms with Gasteiger partial charge in [0.15, 0.2) is 5.11 Å². The Morgan fingerprint density at radius 2 is 1.33 bits per heavy atom. The van der Waals surface area contributed by atoms with Crippen LogP contribution in [0.25, 0.3) is 0 Å². The molecule has 0 fully saturated rings. The second kappa shape index (κ2) is 10.5. The van der Waals surface area contributed by atoms with E-state index in [1.807, 2.05) is 0 Å². The van der Waals surface area contributed by atoms with Gasteiger partial charge in [0, 0.05) is 17.1 Å². The molecule has 0 aromatic heterocycles. The molecule has 4 nitrogen and oxygen atoms in total. The number of nitrogens with two attached hydrogens (primary N) is 2. The van der Waals surface area contributed by atoms with Crippen LogP contribution in [-0.4, -0.2) is 16.7 Å². The summed E-state index contributed by atoms with van der Waals surface area (Å²) in [6, 6.07) is 0. The van der Waals surface area contributed by atoms with E-state index in [-0.39, 0.29) is 40.2 Å². The molecule has 0 rings (SSSR count). The van der Waals surface area contributed by atoms with Crippen LogP contribution in [0, 0.1) is 0 Å². The third kappa shape index (κ3) is 55.4. The summed E-state index contributed by atoms with van der Waals surface area (Å²) < 4.78 is 0. The summed E-state index contributed by atoms with van der Waals surface area (Å²) in [5, 5.41) is 0.000000000000000222. The van der Waals surface area contributed by atoms with Crippen LogP contribution >= 0.6 is 12.2 Å². The monoisotopic (exact) mass is 239 g/mol. The SMILES string of the molecule is CC(=O)CC(C)=O.NC(N)=S.[Cu]. The van der Waals surface area contributed by atoms with E-state index in [0.717, 1.165) is 0 Å². The summed E-state index contributed by atoms with van der Waals surface area (Å²) in [6.07, 6.45) is 0.0833. The molecule has 0 spiro atoms. The van der Waals surface area contributed by atoms with Crippen molar-refractivity contribution in [1.29, 1.82) is 0 Å². The van der Waals surface area contributed by atoms with E-state index < -0.39 is 0 Å². The molecule has 0 aliphatic heterocycles. The average molecular weight is 240 g/mol. The molecule has 12 heavy (non-hydrogen) atoms. The minimum absolute atomic E-state index is 0. The van der Waals surface area contributed by atoms with E-state index in [1.165, 1.54) is 13.8 Å². The van der Waals surface area contributed by atoms with Gasteiger partial charge < -0.3 is 11.5 Å². The smallest absolute Gasteiger partial charge is 0.160 e. The Morgan fingerprint density at radius 1 is 1.17 bits per heavy atom. The fourth-order valence-corrected chi connectivity index (χ4v) is 0.351. The molecule has 1 radical (unpaired) electrons. The van der Waals surface area contributed by atoms with Crippen LogP contribution in [0.1, 0.15) is 20.3 Å². The molecule has 4 N–H and O–H groups in total. The van der Waals surface area contributed by atoms with E-state index in [9.17, 15) is 9.59 Å². The number of thiocarbonyl (C=S) groups is 1. The molecule has 6 heteroatoms. The minimum atomic E-state index is -0.0625. The molecule has 0 aliphatic carbocycles. The Labute approximate surface area is 87.5 Å². The topological polar surface area (TPSA) is 86.2 Å². The van der Waals surface area contributed by atoms with E-state index in [0.29, 0.717) is 0 Å². The van der Waals surface area contributed by atoms with Crippen molar-refractivity contribution in [2.24, 2.45) is 11.5 Å². The van der Waals surface area contributed by atoms with Crippen molar-refractivity contribution in [3.8, 4) is 0 Å². The number of ketones is 2. The number of Topliss-reactive ketones (excluding diaryl/α,β-unsaturated/α-hetero) is 2. The summed E-state index contributed by atoms with van der Waals surface area (Å²) in [5.74, 6) is -0.125. The average Bonchev–Trinajstić information content (AvgIpc) is 1.56. The van der Waals surface area contributed by atoms with Crippen LogP contribution in [0.5, 0.6) is 0 Å². The number of carbonyl (C=O) groups is 2. The zero-order valence-electron chi connectivity index (χ0n) is 6.89. The largest absolute Gasteiger partial charge is 0.377 e. The fourth-order valence-electron chi connectivity index (χ4n) is 0.351. The Bertz CT molecular complexity index is 157. The summed E-state index contributed by atoms with van der Waals surface area (Å²) >= 11 is 4.09. The molecule has 0 aliphatic rings. The second-order valence-corrected chi connectivity index (χ2v) is 2.45. The van der Waals surface area contributed by atoms with Crippen molar-refractivity contribution in [2.45, 2.75) is 20.3 Å². The summed E-state index contributed by atoms with van der Waals surface area (Å²) in [6.45, 7) is 2.81. The Balaban J connectivity index is -0.000000142. The Hall–Kier alpha value is -0.451. The van der Waals surface area contributed by atoms with Gasteiger partial charge >= 0.3 is 0 Å². The van der Waals surface area contributed by atoms with Crippen LogP contribution < -0.4 is 11.5 Å². The van der Waals surface area contributed by atoms with Gasteiger partial charge in [0.2, 0.25) is 0 Å². The number of rotatable bonds is 2. The molecule has 0 unspecified atom stereocenters. The first kappa shape index (κ1) is 17.6. The zero-order chi connectivity index (χ0) is 9.44. The molecule has 0 aromatic carbocycles. The molecule has 0 saturated carbocycles. The minimum Gasteiger partial charge on any atom is -0.377 e. The van der Waals surface area contributed by atoms with Gasteiger partial charge in [-0.1, -0.05) is 0 Å². The molecule has 0 bridgehead atoms. The van der Waals surface area contributed by atoms with Gasteiger partial charge in [-0.3, -0.25) is 9.59 Å². The molecule has 0 heterocycles. The molecular formula is C6H12CuN2O2S. The van der Waals surface area contributed by atoms with Gasteiger partial charge in [-0.15, -0.1) is 0 Å². The molecule has 0 aromatic rings. The number of hydrogen-bond donors (Lipinski definition) is 2. The van der Waals surface area contributed by atoms with Crippen LogP contribution in [0.3, 0.4) is 0 Å². The predicted molar refractivity (Wildman–Crippen MR) is 47.0 cm³/mol. The quantitative estimate of drug-likeness (QED) is 0.394. The van der Waals surface area contributed by atoms with Gasteiger partial charge in [-0.2, -0.15) is 0 Å². The molecule has 0 atom stereocenters. The predicted octanol–water partition coefficient (Wildman–Crippen LogP) is -0.259. The normalized spacial score (nSPS) is 6.83. The third-order valence-corrected chi connectivity index (χ3v) is 0.498. The van der Waals surface area contributed by atoms with E-state index in [2.05, 4.69) is 23.7 Å². The van der Waals surface area contributed by atoms with E-state index in [4.69, 9.17) is 0 Å². The maximum atomic E-state index is 10.0. The standard InChI is InChI=1S/C5H8O2.CH4N2S.Cu/c1-4(6)3-5(2)7;2-1(3)4;/h3H2,1-2H3;(H4,2,3,4);. The van der Waals surface area contributed by atoms with Crippen molar-refractivity contribution < 1.29 is 26.7 Å². The summed E-state index contributed by atoms with van der Waals surface area (Å²) in [4.78, 5) is 20.1. The molecular weight excluding hydrogens is 228 g/mol. The fraction of sp³-hybridized carbons (Fsp3) is 0.500. The first-order valence-electron chi connectivity index (χ1n) is 2.90. The molecule has 0 amide bonds. The maximum Gasteiger partial charge on any atom is 0.160 e. The molecule has 75 valence electrons. The van der Waals surface area contributed by atoms with Gasteiger partial charge in [-0.25, -0.2) is 0 Å². The number of hydrogen-bond acceptors (Lipinski definition) is 3. The molecule has 0 saturated heterocycles. The first-order valence-corrected chi connectivity index (χ1v) is 3.31. The Kier molecular flexibility index (Phi) is 15.5. The van der Waals surface area contributed by atoms with Crippen molar-refractivity contribution in [1.82, 2.24) is 0 Å². The first-order chi connectivity index (χ1) is 4.86. The Morgan fingerprint density at radius 3 is 1.33 bits per heavy atom. The van der Waals surface area contributed by atoms with Crippen LogP contribution in [0.4, 0.5) is 0 Å². The second-order valence-electron chi connectivity index (χ2n) is 1.98. The van der Waals surface area contributed by atoms with Crippen LogP contribution in [0.15, 0.2) is 0 Å². The van der Waals surface area contributed by atoms with Gasteiger partial charge in [0.05, 0.1) is 6.42 Å². The maximum absolute atomic E-state index is 10.0. The van der Waals surface area contributed by atoms with Gasteiger partial charge in [-0.05, 0) is 26.1 Å². The van der Waals surface area contributed by atoms with Crippen molar-refractivity contribution >= 4 is 28.9 Å². The van der Waals surface area contributed by atoms with Crippen molar-refractivity contribution in [3.63, 3.8) is 0 Å². The zero-order valence-corrected chi connectivity index (χ0v) is 8.65. The van der Waals surface area contributed by atoms with E-state index in [1.54, 1.807) is 0 Å².